The zero-order valence-electron chi connectivity index (χ0n) is 20.7. The van der Waals surface area contributed by atoms with Crippen molar-refractivity contribution in [1.82, 2.24) is 0 Å². The van der Waals surface area contributed by atoms with E-state index in [1.54, 1.807) is 26.8 Å². The molecule has 5 aliphatic rings. The molecule has 5 rings (SSSR count). The van der Waals surface area contributed by atoms with Crippen LogP contribution in [-0.2, 0) is 33.4 Å². The second kappa shape index (κ2) is 7.31. The number of alkyl halides is 1. The maximum Gasteiger partial charge on any atom is 0.264 e. The SMILES string of the molecule is CC1(C)O[C@@H]2C[C@H]3[C@@H]4CCC5=CC(=O)C=C[C@]5(C)[C@@]4(F)[C@@H](OS(C)(=O)=O)C[C@]3(C)[C@]2(C(=O)CO)O1. The molecular formula is C25H33FO8S. The van der Waals surface area contributed by atoms with Crippen molar-refractivity contribution in [1.29, 1.82) is 0 Å². The van der Waals surface area contributed by atoms with Crippen molar-refractivity contribution in [3.05, 3.63) is 23.8 Å². The largest absolute Gasteiger partial charge is 0.388 e. The van der Waals surface area contributed by atoms with Gasteiger partial charge in [-0.15, -0.1) is 0 Å². The van der Waals surface area contributed by atoms with E-state index in [1.165, 1.54) is 12.2 Å². The van der Waals surface area contributed by atoms with Gasteiger partial charge in [0.25, 0.3) is 10.1 Å². The van der Waals surface area contributed by atoms with Crippen LogP contribution in [0.15, 0.2) is 23.8 Å². The molecule has 0 bridgehead atoms. The number of allylic oxidation sites excluding steroid dienone is 4. The standard InChI is InChI=1S/C25H33FO8S/c1-21(2)32-19-11-17-16-7-6-14-10-15(28)8-9-22(14,3)24(16,26)20(33-35(5,30)31)12-23(17,4)25(19,34-21)18(29)13-27/h8-10,16-17,19-20,27H,6-7,11-13H2,1-5H3/t16-,17-,19+,20-,22-,23-,24-,25+/m0/s1. The first-order chi connectivity index (χ1) is 16.0. The van der Waals surface area contributed by atoms with E-state index < -0.39 is 74.4 Å². The highest BCUT2D eigenvalue weighted by molar-refractivity contribution is 7.86. The number of ether oxygens (including phenoxy) is 2. The van der Waals surface area contributed by atoms with Gasteiger partial charge in [-0.05, 0) is 64.5 Å². The fourth-order valence-electron chi connectivity index (χ4n) is 8.20. The topological polar surface area (TPSA) is 116 Å². The van der Waals surface area contributed by atoms with Gasteiger partial charge >= 0.3 is 0 Å². The molecule has 0 amide bonds. The van der Waals surface area contributed by atoms with Gasteiger partial charge in [-0.2, -0.15) is 8.42 Å². The van der Waals surface area contributed by atoms with E-state index in [-0.39, 0.29) is 12.2 Å². The van der Waals surface area contributed by atoms with E-state index >= 15 is 4.39 Å². The van der Waals surface area contributed by atoms with Crippen molar-refractivity contribution >= 4 is 21.7 Å². The Balaban J connectivity index is 1.71. The predicted octanol–water partition coefficient (Wildman–Crippen LogP) is 2.40. The number of fused-ring (bicyclic) bond motifs is 7. The predicted molar refractivity (Wildman–Crippen MR) is 122 cm³/mol. The van der Waals surface area contributed by atoms with Crippen LogP contribution in [0.1, 0.15) is 53.4 Å². The fraction of sp³-hybridized carbons (Fsp3) is 0.760. The van der Waals surface area contributed by atoms with Crippen molar-refractivity contribution in [2.75, 3.05) is 12.9 Å². The lowest BCUT2D eigenvalue weighted by molar-refractivity contribution is -0.242. The molecule has 1 heterocycles. The van der Waals surface area contributed by atoms with E-state index in [0.717, 1.165) is 6.26 Å². The molecule has 8 atom stereocenters. The zero-order valence-corrected chi connectivity index (χ0v) is 21.5. The molecule has 3 saturated carbocycles. The summed E-state index contributed by atoms with van der Waals surface area (Å²) in [6.45, 7) is 6.09. The van der Waals surface area contributed by atoms with E-state index in [4.69, 9.17) is 13.7 Å². The zero-order chi connectivity index (χ0) is 25.8. The average molecular weight is 513 g/mol. The van der Waals surface area contributed by atoms with Gasteiger partial charge in [-0.1, -0.05) is 18.6 Å². The molecule has 35 heavy (non-hydrogen) atoms. The summed E-state index contributed by atoms with van der Waals surface area (Å²) in [5.74, 6) is -3.01. The third-order valence-electron chi connectivity index (χ3n) is 9.46. The molecular weight excluding hydrogens is 479 g/mol. The number of halogens is 1. The normalized spacial score (nSPS) is 48.0. The van der Waals surface area contributed by atoms with Crippen molar-refractivity contribution < 1.29 is 41.2 Å². The fourth-order valence-corrected chi connectivity index (χ4v) is 8.83. The molecule has 0 unspecified atom stereocenters. The van der Waals surface area contributed by atoms with Crippen LogP contribution in [0, 0.1) is 22.7 Å². The van der Waals surface area contributed by atoms with Crippen molar-refractivity contribution in [3.8, 4) is 0 Å². The number of Topliss-reactive ketones (excluding diaryl/α,β-unsaturated/α-hetero) is 1. The van der Waals surface area contributed by atoms with Crippen molar-refractivity contribution in [3.63, 3.8) is 0 Å². The lowest BCUT2D eigenvalue weighted by Crippen LogP contribution is -2.70. The van der Waals surface area contributed by atoms with Gasteiger partial charge in [0.2, 0.25) is 0 Å². The Bertz CT molecular complexity index is 1160. The minimum atomic E-state index is -4.09. The highest BCUT2D eigenvalue weighted by Crippen LogP contribution is 2.72. The minimum Gasteiger partial charge on any atom is -0.388 e. The number of rotatable bonds is 4. The van der Waals surface area contributed by atoms with Crippen LogP contribution in [0.3, 0.4) is 0 Å². The molecule has 1 aliphatic heterocycles. The third-order valence-corrected chi connectivity index (χ3v) is 10.0. The van der Waals surface area contributed by atoms with Gasteiger partial charge in [-0.3, -0.25) is 13.8 Å². The summed E-state index contributed by atoms with van der Waals surface area (Å²) in [5.41, 5.74) is -5.44. The van der Waals surface area contributed by atoms with Crippen LogP contribution in [-0.4, -0.2) is 67.2 Å². The Kier molecular flexibility index (Phi) is 5.26. The van der Waals surface area contributed by atoms with Gasteiger partial charge in [0.05, 0.1) is 12.4 Å². The first-order valence-electron chi connectivity index (χ1n) is 12.1. The molecule has 4 aliphatic carbocycles. The van der Waals surface area contributed by atoms with Gasteiger partial charge in [0, 0.05) is 16.7 Å². The van der Waals surface area contributed by atoms with Crippen LogP contribution in [0.4, 0.5) is 4.39 Å². The Labute approximate surface area is 205 Å². The van der Waals surface area contributed by atoms with E-state index in [9.17, 15) is 23.1 Å². The number of ketones is 2. The molecule has 0 aromatic heterocycles. The lowest BCUT2D eigenvalue weighted by atomic mass is 9.44. The molecule has 0 aromatic rings. The Morgan fingerprint density at radius 2 is 1.94 bits per heavy atom. The second-order valence-corrected chi connectivity index (χ2v) is 13.3. The molecule has 4 fully saturated rings. The van der Waals surface area contributed by atoms with E-state index in [1.807, 2.05) is 6.92 Å². The number of aliphatic hydroxyl groups excluding tert-OH is 1. The van der Waals surface area contributed by atoms with Gasteiger partial charge in [0.1, 0.15) is 12.7 Å². The first-order valence-corrected chi connectivity index (χ1v) is 13.9. The number of carbonyl (C=O) groups is 2. The van der Waals surface area contributed by atoms with Crippen LogP contribution in [0.2, 0.25) is 0 Å². The number of hydrogen-bond donors (Lipinski definition) is 1. The molecule has 1 saturated heterocycles. The second-order valence-electron chi connectivity index (χ2n) is 11.7. The highest BCUT2D eigenvalue weighted by atomic mass is 32.2. The van der Waals surface area contributed by atoms with Crippen molar-refractivity contribution in [2.45, 2.75) is 82.6 Å². The highest BCUT2D eigenvalue weighted by Gasteiger charge is 2.80. The summed E-state index contributed by atoms with van der Waals surface area (Å²) >= 11 is 0. The minimum absolute atomic E-state index is 0.135. The third kappa shape index (κ3) is 3.13. The summed E-state index contributed by atoms with van der Waals surface area (Å²) < 4.78 is 60.5. The Hall–Kier alpha value is -1.46. The number of hydrogen-bond acceptors (Lipinski definition) is 8. The van der Waals surface area contributed by atoms with Gasteiger partial charge < -0.3 is 14.6 Å². The van der Waals surface area contributed by atoms with Crippen molar-refractivity contribution in [2.24, 2.45) is 22.7 Å². The lowest BCUT2D eigenvalue weighted by Gasteiger charge is -2.63. The summed E-state index contributed by atoms with van der Waals surface area (Å²) in [6, 6.07) is 0. The molecule has 0 aromatic carbocycles. The molecule has 1 N–H and O–H groups in total. The van der Waals surface area contributed by atoms with Gasteiger partial charge in [0.15, 0.2) is 28.6 Å². The first kappa shape index (κ1) is 25.2. The Morgan fingerprint density at radius 3 is 2.57 bits per heavy atom. The molecule has 0 spiro atoms. The van der Waals surface area contributed by atoms with Crippen LogP contribution in [0.25, 0.3) is 0 Å². The van der Waals surface area contributed by atoms with E-state index in [2.05, 4.69) is 0 Å². The van der Waals surface area contributed by atoms with Crippen LogP contribution >= 0.6 is 0 Å². The van der Waals surface area contributed by atoms with E-state index in [0.29, 0.717) is 24.8 Å². The number of carbonyl (C=O) groups excluding carboxylic acids is 2. The smallest absolute Gasteiger partial charge is 0.264 e. The maximum absolute atomic E-state index is 17.8. The van der Waals surface area contributed by atoms with Crippen LogP contribution < -0.4 is 0 Å². The number of aliphatic hydroxyl groups is 1. The molecule has 10 heteroatoms. The molecule has 0 radical (unpaired) electrons. The molecule has 8 nitrogen and oxygen atoms in total. The maximum atomic E-state index is 17.8. The van der Waals surface area contributed by atoms with Gasteiger partial charge in [-0.25, -0.2) is 4.39 Å². The summed E-state index contributed by atoms with van der Waals surface area (Å²) in [5, 5.41) is 9.93. The molecule has 194 valence electrons. The van der Waals surface area contributed by atoms with Crippen LogP contribution in [0.5, 0.6) is 0 Å². The summed E-state index contributed by atoms with van der Waals surface area (Å²) in [6.07, 6.45) is 4.03. The Morgan fingerprint density at radius 1 is 1.26 bits per heavy atom. The average Bonchev–Trinajstić information content (AvgIpc) is 3.14. The quantitative estimate of drug-likeness (QED) is 0.571. The summed E-state index contributed by atoms with van der Waals surface area (Å²) in [7, 11) is -4.09. The summed E-state index contributed by atoms with van der Waals surface area (Å²) in [4.78, 5) is 25.5. The monoisotopic (exact) mass is 512 g/mol.